The maximum absolute atomic E-state index is 13.2. The van der Waals surface area contributed by atoms with Crippen LogP contribution in [0.2, 0.25) is 0 Å². The number of hydrogen-bond donors (Lipinski definition) is 0. The topological polar surface area (TPSA) is 68.3 Å². The largest absolute Gasteiger partial charge is 0.300 e. The molecular weight excluding hydrogens is 460 g/mol. The fourth-order valence-electron chi connectivity index (χ4n) is 5.64. The summed E-state index contributed by atoms with van der Waals surface area (Å²) in [6.45, 7) is 13.5. The van der Waals surface area contributed by atoms with E-state index >= 15 is 0 Å². The summed E-state index contributed by atoms with van der Waals surface area (Å²) < 4.78 is 0. The third-order valence-electron chi connectivity index (χ3n) is 7.16. The van der Waals surface area contributed by atoms with E-state index < -0.39 is 0 Å². The highest BCUT2D eigenvalue weighted by atomic mass is 16.1. The number of allylic oxidation sites excluding steroid dienone is 2. The molecule has 0 aliphatic heterocycles. The maximum Gasteiger partial charge on any atom is 0.163 e. The van der Waals surface area contributed by atoms with E-state index in [1.807, 2.05) is 19.9 Å². The maximum atomic E-state index is 13.2. The number of fused-ring (bicyclic) bond motifs is 1. The van der Waals surface area contributed by atoms with Crippen LogP contribution < -0.4 is 0 Å². The molecule has 0 saturated heterocycles. The lowest BCUT2D eigenvalue weighted by Gasteiger charge is -2.32. The zero-order valence-electron chi connectivity index (χ0n) is 24.5. The van der Waals surface area contributed by atoms with Gasteiger partial charge >= 0.3 is 0 Å². The average Bonchev–Trinajstić information content (AvgIpc) is 2.80. The number of hydrogen-bond acceptors (Lipinski definition) is 4. The Kier molecular flexibility index (Phi) is 15.2. The van der Waals surface area contributed by atoms with E-state index in [0.29, 0.717) is 12.8 Å². The second-order valence-corrected chi connectivity index (χ2v) is 10.9. The van der Waals surface area contributed by atoms with Crippen LogP contribution in [0.4, 0.5) is 0 Å². The van der Waals surface area contributed by atoms with Gasteiger partial charge in [0.1, 0.15) is 17.3 Å². The Morgan fingerprint density at radius 3 is 2.24 bits per heavy atom. The molecule has 0 heterocycles. The second kappa shape index (κ2) is 17.2. The van der Waals surface area contributed by atoms with Crippen molar-refractivity contribution in [1.29, 1.82) is 0 Å². The summed E-state index contributed by atoms with van der Waals surface area (Å²) in [5, 5.41) is 0. The molecule has 3 unspecified atom stereocenters. The molecule has 0 fully saturated rings. The molecule has 206 valence electrons. The summed E-state index contributed by atoms with van der Waals surface area (Å²) >= 11 is 0. The monoisotopic (exact) mass is 510 g/mol. The highest BCUT2D eigenvalue weighted by Gasteiger charge is 2.33. The van der Waals surface area contributed by atoms with Gasteiger partial charge in [-0.1, -0.05) is 71.2 Å². The first kappa shape index (κ1) is 32.7. The lowest BCUT2D eigenvalue weighted by molar-refractivity contribution is -0.130. The molecule has 1 aliphatic carbocycles. The van der Waals surface area contributed by atoms with Gasteiger partial charge in [-0.3, -0.25) is 19.2 Å². The van der Waals surface area contributed by atoms with Crippen molar-refractivity contribution in [1.82, 2.24) is 0 Å². The van der Waals surface area contributed by atoms with E-state index in [0.717, 1.165) is 56.1 Å². The Morgan fingerprint density at radius 2 is 1.68 bits per heavy atom. The highest BCUT2D eigenvalue weighted by Crippen LogP contribution is 2.37. The van der Waals surface area contributed by atoms with Crippen molar-refractivity contribution in [3.8, 4) is 0 Å². The Hall–Kier alpha value is -2.36. The molecule has 0 saturated carbocycles. The normalized spacial score (nSPS) is 16.5. The predicted molar refractivity (Wildman–Crippen MR) is 153 cm³/mol. The number of carbonyl (C=O) groups is 4. The number of benzene rings is 1. The molecular formula is C33H50O4. The van der Waals surface area contributed by atoms with Gasteiger partial charge in [0.05, 0.1) is 6.42 Å². The summed E-state index contributed by atoms with van der Waals surface area (Å²) in [5.74, 6) is 0.697. The quantitative estimate of drug-likeness (QED) is 0.188. The third-order valence-corrected chi connectivity index (χ3v) is 7.16. The van der Waals surface area contributed by atoms with Crippen molar-refractivity contribution in [3.63, 3.8) is 0 Å². The number of rotatable bonds is 14. The second-order valence-electron chi connectivity index (χ2n) is 10.9. The van der Waals surface area contributed by atoms with Crippen molar-refractivity contribution < 1.29 is 19.2 Å². The lowest BCUT2D eigenvalue weighted by atomic mass is 9.71. The van der Waals surface area contributed by atoms with Gasteiger partial charge in [-0.25, -0.2) is 0 Å². The molecule has 3 atom stereocenters. The van der Waals surface area contributed by atoms with Crippen molar-refractivity contribution >= 4 is 23.1 Å². The van der Waals surface area contributed by atoms with Gasteiger partial charge in [0.25, 0.3) is 0 Å². The number of Topliss-reactive ketones (excluding diaryl/α,β-unsaturated/α-hetero) is 4. The molecule has 4 heteroatoms. The van der Waals surface area contributed by atoms with Gasteiger partial charge in [0.15, 0.2) is 5.78 Å². The lowest BCUT2D eigenvalue weighted by Crippen LogP contribution is -2.30. The molecule has 37 heavy (non-hydrogen) atoms. The van der Waals surface area contributed by atoms with Gasteiger partial charge in [0, 0.05) is 24.3 Å². The summed E-state index contributed by atoms with van der Waals surface area (Å²) in [6.07, 6.45) is 12.3. The molecule has 0 bridgehead atoms. The van der Waals surface area contributed by atoms with E-state index in [4.69, 9.17) is 0 Å². The van der Waals surface area contributed by atoms with Crippen LogP contribution in [0.5, 0.6) is 0 Å². The fraction of sp³-hybridized carbons (Fsp3) is 0.636. The molecule has 4 nitrogen and oxygen atoms in total. The summed E-state index contributed by atoms with van der Waals surface area (Å²) in [5.41, 5.74) is 4.34. The zero-order chi connectivity index (χ0) is 28.0. The van der Waals surface area contributed by atoms with Gasteiger partial charge < -0.3 is 0 Å². The van der Waals surface area contributed by atoms with Crippen LogP contribution in [-0.4, -0.2) is 23.1 Å². The van der Waals surface area contributed by atoms with Crippen LogP contribution in [0.3, 0.4) is 0 Å². The summed E-state index contributed by atoms with van der Waals surface area (Å²) in [7, 11) is 0. The van der Waals surface area contributed by atoms with Crippen molar-refractivity contribution in [2.45, 2.75) is 119 Å². The van der Waals surface area contributed by atoms with E-state index in [-0.39, 0.29) is 47.3 Å². The van der Waals surface area contributed by atoms with Gasteiger partial charge in [0.2, 0.25) is 0 Å². The van der Waals surface area contributed by atoms with Crippen molar-refractivity contribution in [2.75, 3.05) is 0 Å². The van der Waals surface area contributed by atoms with Crippen LogP contribution >= 0.6 is 0 Å². The standard InChI is InChI=1S/C30H42O4.C3H8/c1-6-11-25(26(7-2)28(33)16-22(5)32)17-23-18-27-24(13-10-8-9-12-21(4)31)15-14-20(3)30(27)29(34)19-23;1-3-2/h8-9,14-15,23,25-26H,6-7,10-13,16-19H2,1-5H3;3H2,1-2H3/b9-8-;. The van der Waals surface area contributed by atoms with Crippen LogP contribution in [0.1, 0.15) is 126 Å². The van der Waals surface area contributed by atoms with Gasteiger partial charge in [-0.05, 0) is 81.4 Å². The van der Waals surface area contributed by atoms with E-state index in [1.54, 1.807) is 6.92 Å². The van der Waals surface area contributed by atoms with Crippen molar-refractivity contribution in [3.05, 3.63) is 46.5 Å². The summed E-state index contributed by atoms with van der Waals surface area (Å²) in [6, 6.07) is 4.20. The Labute approximate surface area is 225 Å². The van der Waals surface area contributed by atoms with Crippen LogP contribution in [0.25, 0.3) is 0 Å². The molecule has 0 radical (unpaired) electrons. The number of aryl methyl sites for hydroxylation is 2. The van der Waals surface area contributed by atoms with Gasteiger partial charge in [-0.15, -0.1) is 0 Å². The number of ketones is 4. The fourth-order valence-corrected chi connectivity index (χ4v) is 5.64. The van der Waals surface area contributed by atoms with Crippen LogP contribution in [-0.2, 0) is 27.2 Å². The van der Waals surface area contributed by atoms with E-state index in [1.165, 1.54) is 24.5 Å². The predicted octanol–water partition coefficient (Wildman–Crippen LogP) is 8.01. The Balaban J connectivity index is 0.00000217. The molecule has 0 spiro atoms. The van der Waals surface area contributed by atoms with E-state index in [2.05, 4.69) is 39.0 Å². The molecule has 0 aromatic heterocycles. The van der Waals surface area contributed by atoms with Crippen LogP contribution in [0, 0.1) is 24.7 Å². The first-order chi connectivity index (χ1) is 17.6. The van der Waals surface area contributed by atoms with E-state index in [9.17, 15) is 19.2 Å². The first-order valence-corrected chi connectivity index (χ1v) is 14.4. The highest BCUT2D eigenvalue weighted by molar-refractivity contribution is 6.00. The minimum absolute atomic E-state index is 0.0195. The third kappa shape index (κ3) is 10.9. The zero-order valence-corrected chi connectivity index (χ0v) is 24.5. The molecule has 1 aromatic carbocycles. The minimum Gasteiger partial charge on any atom is -0.300 e. The molecule has 1 aromatic rings. The minimum atomic E-state index is -0.108. The first-order valence-electron chi connectivity index (χ1n) is 14.4. The van der Waals surface area contributed by atoms with Crippen LogP contribution in [0.15, 0.2) is 24.3 Å². The SMILES string of the molecule is CCC.CCCC(CC1CC(=O)c2c(C)ccc(CC/C=C\CC(C)=O)c2C1)C(CC)C(=O)CC(C)=O. The molecule has 2 rings (SSSR count). The smallest absolute Gasteiger partial charge is 0.163 e. The molecule has 1 aliphatic rings. The summed E-state index contributed by atoms with van der Waals surface area (Å²) in [4.78, 5) is 48.7. The Bertz CT molecular complexity index is 940. The number of carbonyl (C=O) groups excluding carboxylic acids is 4. The van der Waals surface area contributed by atoms with Gasteiger partial charge in [-0.2, -0.15) is 0 Å². The van der Waals surface area contributed by atoms with Crippen molar-refractivity contribution in [2.24, 2.45) is 17.8 Å². The molecule has 0 amide bonds. The molecule has 0 N–H and O–H groups in total. The Morgan fingerprint density at radius 1 is 1.00 bits per heavy atom. The average molecular weight is 511 g/mol.